The Morgan fingerprint density at radius 3 is 2.35 bits per heavy atom. The molecule has 0 radical (unpaired) electrons. The van der Waals surface area contributed by atoms with Gasteiger partial charge in [0.1, 0.15) is 17.5 Å². The molecule has 0 unspecified atom stereocenters. The summed E-state index contributed by atoms with van der Waals surface area (Å²) in [5.74, 6) is -1.34. The van der Waals surface area contributed by atoms with E-state index >= 15 is 0 Å². The first-order valence-corrected chi connectivity index (χ1v) is 7.95. The molecular weight excluding hydrogens is 312 g/mol. The molecular formula is C11H10ClF2N3O2S. The number of rotatable bonds is 4. The van der Waals surface area contributed by atoms with Crippen LogP contribution in [0, 0.1) is 11.6 Å². The largest absolute Gasteiger partial charge is 0.301 e. The molecule has 0 aliphatic heterocycles. The Morgan fingerprint density at radius 2 is 1.85 bits per heavy atom. The summed E-state index contributed by atoms with van der Waals surface area (Å²) >= 11 is 0. The first kappa shape index (κ1) is 14.9. The monoisotopic (exact) mass is 321 g/mol. The molecule has 0 aliphatic carbocycles. The molecule has 2 rings (SSSR count). The van der Waals surface area contributed by atoms with Crippen LogP contribution in [0.2, 0.25) is 0 Å². The van der Waals surface area contributed by atoms with Gasteiger partial charge in [0.25, 0.3) is 14.2 Å². The highest BCUT2D eigenvalue weighted by Crippen LogP contribution is 2.19. The van der Waals surface area contributed by atoms with E-state index < -0.39 is 25.8 Å². The quantitative estimate of drug-likeness (QED) is 0.809. The number of aromatic nitrogens is 3. The maximum absolute atomic E-state index is 13.6. The van der Waals surface area contributed by atoms with Crippen LogP contribution in [-0.2, 0) is 22.0 Å². The van der Waals surface area contributed by atoms with E-state index in [9.17, 15) is 17.2 Å². The molecule has 0 spiro atoms. The standard InChI is InChI=1S/C11H10ClF2N3O2S/c1-2-17-10(15-16-11(17)20(12,18)19)6-7-8(13)4-3-5-9(7)14/h3-5H,2,6H2,1H3. The number of benzene rings is 1. The molecule has 1 aromatic carbocycles. The molecule has 0 bridgehead atoms. The second-order valence-electron chi connectivity index (χ2n) is 3.96. The van der Waals surface area contributed by atoms with Crippen molar-refractivity contribution in [1.29, 1.82) is 0 Å². The summed E-state index contributed by atoms with van der Waals surface area (Å²) in [6.45, 7) is 1.86. The summed E-state index contributed by atoms with van der Waals surface area (Å²) in [7, 11) is 1.16. The summed E-state index contributed by atoms with van der Waals surface area (Å²) in [5.41, 5.74) is -0.201. The van der Waals surface area contributed by atoms with Crippen molar-refractivity contribution in [3.63, 3.8) is 0 Å². The lowest BCUT2D eigenvalue weighted by Gasteiger charge is -2.07. The van der Waals surface area contributed by atoms with Crippen molar-refractivity contribution in [2.45, 2.75) is 25.0 Å². The van der Waals surface area contributed by atoms with Gasteiger partial charge < -0.3 is 4.57 Å². The van der Waals surface area contributed by atoms with Crippen LogP contribution < -0.4 is 0 Å². The number of hydrogen-bond acceptors (Lipinski definition) is 4. The Morgan fingerprint density at radius 1 is 1.25 bits per heavy atom. The first-order valence-electron chi connectivity index (χ1n) is 5.64. The van der Waals surface area contributed by atoms with Crippen molar-refractivity contribution in [1.82, 2.24) is 14.8 Å². The molecule has 108 valence electrons. The van der Waals surface area contributed by atoms with Crippen LogP contribution in [-0.4, -0.2) is 23.2 Å². The van der Waals surface area contributed by atoms with Crippen molar-refractivity contribution in [3.05, 3.63) is 41.2 Å². The zero-order valence-electron chi connectivity index (χ0n) is 10.3. The van der Waals surface area contributed by atoms with E-state index in [1.165, 1.54) is 10.6 Å². The topological polar surface area (TPSA) is 64.8 Å². The molecule has 5 nitrogen and oxygen atoms in total. The van der Waals surface area contributed by atoms with Gasteiger partial charge in [-0.15, -0.1) is 10.2 Å². The molecule has 0 saturated heterocycles. The van der Waals surface area contributed by atoms with Crippen molar-refractivity contribution in [2.24, 2.45) is 0 Å². The third kappa shape index (κ3) is 2.80. The summed E-state index contributed by atoms with van der Waals surface area (Å²) in [4.78, 5) is 0. The molecule has 0 aliphatic rings. The maximum Gasteiger partial charge on any atom is 0.296 e. The van der Waals surface area contributed by atoms with Gasteiger partial charge in [0.05, 0.1) is 0 Å². The fourth-order valence-electron chi connectivity index (χ4n) is 1.81. The molecule has 0 N–H and O–H groups in total. The predicted molar refractivity (Wildman–Crippen MR) is 67.9 cm³/mol. The van der Waals surface area contributed by atoms with Crippen LogP contribution in [0.1, 0.15) is 18.3 Å². The van der Waals surface area contributed by atoms with Gasteiger partial charge in [-0.3, -0.25) is 0 Å². The Hall–Kier alpha value is -1.54. The summed E-state index contributed by atoms with van der Waals surface area (Å²) in [6, 6.07) is 3.47. The molecule has 0 saturated carbocycles. The molecule has 0 atom stereocenters. The minimum absolute atomic E-state index is 0.121. The molecule has 1 heterocycles. The molecule has 0 fully saturated rings. The van der Waals surface area contributed by atoms with Crippen LogP contribution in [0.5, 0.6) is 0 Å². The number of hydrogen-bond donors (Lipinski definition) is 0. The molecule has 0 amide bonds. The van der Waals surface area contributed by atoms with Crippen molar-refractivity contribution >= 4 is 19.7 Å². The van der Waals surface area contributed by atoms with Gasteiger partial charge in [-0.05, 0) is 19.1 Å². The normalized spacial score (nSPS) is 11.8. The summed E-state index contributed by atoms with van der Waals surface area (Å²) in [5, 5.41) is 6.67. The van der Waals surface area contributed by atoms with E-state index in [0.29, 0.717) is 0 Å². The third-order valence-corrected chi connectivity index (χ3v) is 3.88. The smallest absolute Gasteiger partial charge is 0.296 e. The molecule has 1 aromatic heterocycles. The molecule has 2 aromatic rings. The van der Waals surface area contributed by atoms with Gasteiger partial charge in [0, 0.05) is 29.2 Å². The van der Waals surface area contributed by atoms with Gasteiger partial charge in [-0.1, -0.05) is 6.07 Å². The zero-order chi connectivity index (χ0) is 14.9. The highest BCUT2D eigenvalue weighted by atomic mass is 35.7. The van der Waals surface area contributed by atoms with Crippen LogP contribution >= 0.6 is 10.7 Å². The lowest BCUT2D eigenvalue weighted by Crippen LogP contribution is -2.10. The Kier molecular flexibility index (Phi) is 4.05. The fourth-order valence-corrected chi connectivity index (χ4v) is 2.79. The average molecular weight is 322 g/mol. The van der Waals surface area contributed by atoms with Crippen molar-refractivity contribution < 1.29 is 17.2 Å². The minimum atomic E-state index is -4.06. The van der Waals surface area contributed by atoms with E-state index in [4.69, 9.17) is 10.7 Å². The maximum atomic E-state index is 13.6. The van der Waals surface area contributed by atoms with E-state index in [1.54, 1.807) is 6.92 Å². The molecule has 20 heavy (non-hydrogen) atoms. The van der Waals surface area contributed by atoms with Gasteiger partial charge in [-0.2, -0.15) is 0 Å². The summed E-state index contributed by atoms with van der Waals surface area (Å²) in [6.07, 6.45) is -0.217. The fraction of sp³-hybridized carbons (Fsp3) is 0.273. The van der Waals surface area contributed by atoms with E-state index in [0.717, 1.165) is 12.1 Å². The van der Waals surface area contributed by atoms with Gasteiger partial charge in [-0.25, -0.2) is 17.2 Å². The van der Waals surface area contributed by atoms with Gasteiger partial charge in [0.2, 0.25) is 0 Å². The van der Waals surface area contributed by atoms with Crippen LogP contribution in [0.4, 0.5) is 8.78 Å². The minimum Gasteiger partial charge on any atom is -0.301 e. The number of nitrogens with zero attached hydrogens (tertiary/aromatic N) is 3. The highest BCUT2D eigenvalue weighted by Gasteiger charge is 2.23. The predicted octanol–water partition coefficient (Wildman–Crippen LogP) is 2.09. The van der Waals surface area contributed by atoms with Crippen LogP contribution in [0.25, 0.3) is 0 Å². The highest BCUT2D eigenvalue weighted by molar-refractivity contribution is 8.13. The summed E-state index contributed by atoms with van der Waals surface area (Å²) < 4.78 is 51.0. The van der Waals surface area contributed by atoms with Gasteiger partial charge >= 0.3 is 0 Å². The van der Waals surface area contributed by atoms with E-state index in [-0.39, 0.29) is 24.4 Å². The SMILES string of the molecule is CCn1c(Cc2c(F)cccc2F)nnc1S(=O)(=O)Cl. The van der Waals surface area contributed by atoms with Crippen LogP contribution in [0.15, 0.2) is 23.4 Å². The first-order chi connectivity index (χ1) is 9.34. The lowest BCUT2D eigenvalue weighted by atomic mass is 10.1. The lowest BCUT2D eigenvalue weighted by molar-refractivity contribution is 0.550. The second-order valence-corrected chi connectivity index (χ2v) is 6.42. The van der Waals surface area contributed by atoms with E-state index in [2.05, 4.69) is 10.2 Å². The molecule has 9 heteroatoms. The van der Waals surface area contributed by atoms with Gasteiger partial charge in [0.15, 0.2) is 0 Å². The zero-order valence-corrected chi connectivity index (χ0v) is 11.9. The Balaban J connectivity index is 2.48. The van der Waals surface area contributed by atoms with Crippen molar-refractivity contribution in [2.75, 3.05) is 0 Å². The third-order valence-electron chi connectivity index (χ3n) is 2.72. The average Bonchev–Trinajstić information content (AvgIpc) is 2.76. The van der Waals surface area contributed by atoms with E-state index in [1.807, 2.05) is 0 Å². The van der Waals surface area contributed by atoms with Crippen LogP contribution in [0.3, 0.4) is 0 Å². The number of halogens is 3. The second kappa shape index (κ2) is 5.45. The Labute approximate surface area is 118 Å². The van der Waals surface area contributed by atoms with Crippen molar-refractivity contribution in [3.8, 4) is 0 Å². The Bertz CT molecular complexity index is 726.